The largest absolute Gasteiger partial charge is 0.504 e. The summed E-state index contributed by atoms with van der Waals surface area (Å²) in [5.74, 6) is -2.79. The second-order valence-corrected chi connectivity index (χ2v) is 21.8. The van der Waals surface area contributed by atoms with E-state index in [-0.39, 0.29) is 22.8 Å². The number of amides is 2. The van der Waals surface area contributed by atoms with Crippen molar-refractivity contribution in [3.8, 4) is 11.5 Å². The predicted octanol–water partition coefficient (Wildman–Crippen LogP) is 9.82. The van der Waals surface area contributed by atoms with E-state index in [0.717, 1.165) is 21.6 Å². The molecule has 0 aromatic heterocycles. The lowest BCUT2D eigenvalue weighted by Gasteiger charge is -2.50. The van der Waals surface area contributed by atoms with Crippen LogP contribution in [0.4, 0.5) is 0 Å². The number of rotatable bonds is 16. The minimum atomic E-state index is -1.58. The minimum absolute atomic E-state index is 0.134. The van der Waals surface area contributed by atoms with Gasteiger partial charge in [-0.25, -0.2) is 19.4 Å². The van der Waals surface area contributed by atoms with Crippen LogP contribution >= 0.6 is 34.4 Å². The van der Waals surface area contributed by atoms with Crippen LogP contribution in [-0.4, -0.2) is 71.9 Å². The summed E-state index contributed by atoms with van der Waals surface area (Å²) in [4.78, 5) is 69.7. The molecule has 1 fully saturated rings. The van der Waals surface area contributed by atoms with Gasteiger partial charge in [0, 0.05) is 31.2 Å². The van der Waals surface area contributed by atoms with Crippen molar-refractivity contribution in [2.24, 2.45) is 9.52 Å². The van der Waals surface area contributed by atoms with E-state index >= 15 is 0 Å². The fourth-order valence-corrected chi connectivity index (χ4v) is 12.3. The highest BCUT2D eigenvalue weighted by molar-refractivity contribution is 14.1. The number of phenolic OH excluding ortho intramolecular Hbond substituents is 2. The molecule has 2 unspecified atom stereocenters. The smallest absolute Gasteiger partial charge is 0.356 e. The molecular formula is C57H52IN5O9S2. The zero-order chi connectivity index (χ0) is 52.0. The maximum atomic E-state index is 14.7. The monoisotopic (exact) mass is 1140 g/mol. The Balaban J connectivity index is 1.08. The summed E-state index contributed by atoms with van der Waals surface area (Å²) in [6.07, 6.45) is -2.72. The second-order valence-electron chi connectivity index (χ2n) is 18.5. The van der Waals surface area contributed by atoms with E-state index in [9.17, 15) is 29.4 Å². The third-order valence-corrected chi connectivity index (χ3v) is 16.1. The van der Waals surface area contributed by atoms with Gasteiger partial charge < -0.3 is 30.3 Å². The fourth-order valence-electron chi connectivity index (χ4n) is 8.91. The maximum absolute atomic E-state index is 14.7. The molecule has 9 rings (SSSR count). The average Bonchev–Trinajstić information content (AvgIpc) is 3.79. The van der Waals surface area contributed by atoms with Gasteiger partial charge in [0.25, 0.3) is 5.91 Å². The average molecular weight is 1140 g/mol. The van der Waals surface area contributed by atoms with Gasteiger partial charge in [-0.2, -0.15) is 0 Å². The molecule has 0 radical (unpaired) electrons. The summed E-state index contributed by atoms with van der Waals surface area (Å²) in [5, 5.41) is 29.7. The van der Waals surface area contributed by atoms with Crippen LogP contribution in [-0.2, 0) is 49.7 Å². The number of nitrogens with one attached hydrogen (secondary N) is 2. The number of ether oxygens (including phenoxy) is 2. The van der Waals surface area contributed by atoms with Crippen LogP contribution < -0.4 is 10.6 Å². The van der Waals surface area contributed by atoms with E-state index in [0.29, 0.717) is 27.0 Å². The number of fused-ring (bicyclic) bond motifs is 1. The third kappa shape index (κ3) is 11.2. The van der Waals surface area contributed by atoms with Crippen LogP contribution in [0.5, 0.6) is 11.5 Å². The quantitative estimate of drug-likeness (QED) is 0.0137. The number of benzene rings is 6. The zero-order valence-corrected chi connectivity index (χ0v) is 44.3. The van der Waals surface area contributed by atoms with E-state index in [1.165, 1.54) is 34.9 Å². The van der Waals surface area contributed by atoms with Crippen molar-refractivity contribution in [3.05, 3.63) is 225 Å². The molecule has 74 heavy (non-hydrogen) atoms. The Morgan fingerprint density at radius 3 is 1.84 bits per heavy atom. The van der Waals surface area contributed by atoms with Gasteiger partial charge >= 0.3 is 11.9 Å². The van der Waals surface area contributed by atoms with Crippen molar-refractivity contribution >= 4 is 74.0 Å². The van der Waals surface area contributed by atoms with Crippen LogP contribution in [0.1, 0.15) is 72.8 Å². The molecule has 2 amide bonds. The van der Waals surface area contributed by atoms with Gasteiger partial charge in [0.1, 0.15) is 22.9 Å². The summed E-state index contributed by atoms with van der Waals surface area (Å²) in [5.41, 5.74) is 2.70. The fraction of sp³-hybridized carbons (Fsp3) is 0.211. The molecule has 6 aromatic carbocycles. The summed E-state index contributed by atoms with van der Waals surface area (Å²) in [7, 11) is -1.48. The lowest BCUT2D eigenvalue weighted by Crippen LogP contribution is -2.72. The van der Waals surface area contributed by atoms with E-state index in [2.05, 4.69) is 33.2 Å². The van der Waals surface area contributed by atoms with Gasteiger partial charge in [-0.1, -0.05) is 185 Å². The van der Waals surface area contributed by atoms with Crippen molar-refractivity contribution in [2.45, 2.75) is 62.6 Å². The van der Waals surface area contributed by atoms with Gasteiger partial charge in [-0.3, -0.25) is 14.5 Å². The third-order valence-electron chi connectivity index (χ3n) is 12.3. The number of halogens is 1. The number of aliphatic imine (C=N–C) groups is 1. The number of nitrogens with zero attached hydrogens (tertiary/aromatic N) is 3. The number of carbonyl (C=O) groups is 4. The summed E-state index contributed by atoms with van der Waals surface area (Å²) >= 11 is 3.63. The number of amidine groups is 1. The van der Waals surface area contributed by atoms with Gasteiger partial charge in [-0.15, -0.1) is 11.8 Å². The highest BCUT2D eigenvalue weighted by Crippen LogP contribution is 2.42. The van der Waals surface area contributed by atoms with Crippen LogP contribution in [0.3, 0.4) is 0 Å². The van der Waals surface area contributed by atoms with Crippen LogP contribution in [0.2, 0.25) is 0 Å². The molecule has 14 nitrogen and oxygen atoms in total. The number of aromatic hydroxyl groups is 2. The lowest BCUT2D eigenvalue weighted by molar-refractivity contribution is -0.161. The van der Waals surface area contributed by atoms with Crippen LogP contribution in [0.15, 0.2) is 201 Å². The molecule has 3 aliphatic rings. The molecule has 1 saturated heterocycles. The summed E-state index contributed by atoms with van der Waals surface area (Å²) < 4.78 is 17.2. The molecule has 0 saturated carbocycles. The number of phenols is 2. The van der Waals surface area contributed by atoms with Crippen molar-refractivity contribution in [3.63, 3.8) is 0 Å². The van der Waals surface area contributed by atoms with Gasteiger partial charge in [-0.05, 0) is 66.3 Å². The van der Waals surface area contributed by atoms with E-state index in [1.807, 2.05) is 152 Å². The number of allylic oxidation sites excluding steroid dienone is 1. The Kier molecular flexibility index (Phi) is 15.8. The zero-order valence-electron chi connectivity index (χ0n) is 40.5. The number of alkyl halides is 1. The summed E-state index contributed by atoms with van der Waals surface area (Å²) in [6.45, 7) is 5.30. The number of carbonyl (C=O) groups excluding carboxylic acids is 4. The van der Waals surface area contributed by atoms with Gasteiger partial charge in [0.05, 0.1) is 18.2 Å². The SMILES string of the molecule is CC(C)(C)OC(=O)C1=C(CI)SC[C@@H]2[C@H](NC(=O)CC3=C/S(=N/OC(C(=O)OC(c4ccccc4)c4ccccc4)c4ccc(O)c(O)c4)C(NC(c4ccccc4)(c4ccccc4)c4ccccc4)=N3)C(=O)N12. The van der Waals surface area contributed by atoms with Crippen LogP contribution in [0.25, 0.3) is 0 Å². The van der Waals surface area contributed by atoms with Crippen molar-refractivity contribution in [1.82, 2.24) is 15.5 Å². The Morgan fingerprint density at radius 2 is 1.32 bits per heavy atom. The first-order chi connectivity index (χ1) is 35.7. The lowest BCUT2D eigenvalue weighted by atomic mass is 9.77. The molecule has 4 N–H and O–H groups in total. The second kappa shape index (κ2) is 22.6. The normalized spacial score (nSPS) is 17.9. The van der Waals surface area contributed by atoms with E-state index in [4.69, 9.17) is 23.8 Å². The molecule has 3 aliphatic heterocycles. The maximum Gasteiger partial charge on any atom is 0.356 e. The van der Waals surface area contributed by atoms with Crippen molar-refractivity contribution < 1.29 is 43.7 Å². The van der Waals surface area contributed by atoms with Crippen molar-refractivity contribution in [1.29, 1.82) is 0 Å². The van der Waals surface area contributed by atoms with E-state index in [1.54, 1.807) is 26.2 Å². The number of hydrogen-bond donors (Lipinski definition) is 4. The molecule has 378 valence electrons. The van der Waals surface area contributed by atoms with Gasteiger partial charge in [0.15, 0.2) is 22.8 Å². The van der Waals surface area contributed by atoms with Gasteiger partial charge in [0.2, 0.25) is 12.0 Å². The van der Waals surface area contributed by atoms with E-state index < -0.39 is 81.4 Å². The number of hydrogen-bond acceptors (Lipinski definition) is 13. The summed E-state index contributed by atoms with van der Waals surface area (Å²) in [6, 6.07) is 50.5. The first-order valence-electron chi connectivity index (χ1n) is 23.7. The first-order valence-corrected chi connectivity index (χ1v) is 27.4. The number of thioether (sulfide) groups is 1. The molecule has 17 heteroatoms. The number of β-lactam (4-membered cyclic amide) rings is 1. The molecular weight excluding hydrogens is 1090 g/mol. The molecule has 3 heterocycles. The Hall–Kier alpha value is -7.06. The Labute approximate surface area is 449 Å². The van der Waals surface area contributed by atoms with Crippen molar-refractivity contribution in [2.75, 3.05) is 10.2 Å². The molecule has 4 atom stereocenters. The van der Waals surface area contributed by atoms with Crippen LogP contribution in [0, 0.1) is 0 Å². The first kappa shape index (κ1) is 51.8. The Bertz CT molecular complexity index is 3040. The molecule has 0 bridgehead atoms. The predicted molar refractivity (Wildman–Crippen MR) is 293 cm³/mol. The minimum Gasteiger partial charge on any atom is -0.504 e. The topological polar surface area (TPSA) is 188 Å². The standard InChI is InChI=1S/C57H52IN5O9S2/c1-56(2,3)71-53(68)49-46(33-58)73-34-43-48(52(67)63(43)49)60-47(66)32-42-35-74(55(59-42)61-57(39-23-13-6-14-24-39,40-25-15-7-16-26-40)41-27-17-8-18-28-41)62-72-51(38-29-30-44(64)45(65)31-38)54(69)70-50(36-19-9-4-10-20-36)37-21-11-5-12-22-37/h4-31,35,43,48,50-51,64-65H,32-34H2,1-3H3,(H,59,61)(H,60,66)/t43-,48+,51?,74?/m1/s1. The molecule has 6 aromatic rings. The molecule has 0 spiro atoms. The Morgan fingerprint density at radius 1 is 0.784 bits per heavy atom. The number of esters is 2. The highest BCUT2D eigenvalue weighted by atomic mass is 127. The highest BCUT2D eigenvalue weighted by Gasteiger charge is 2.54. The molecule has 0 aliphatic carbocycles.